The van der Waals surface area contributed by atoms with E-state index in [1.54, 1.807) is 20.8 Å². The minimum Gasteiger partial charge on any atom is -0.481 e. The van der Waals surface area contributed by atoms with Gasteiger partial charge in [0.05, 0.1) is 26.2 Å². The molecule has 0 aromatic rings. The number of rotatable bonds is 30. The molecule has 42 heavy (non-hydrogen) atoms. The zero-order valence-corrected chi connectivity index (χ0v) is 27.7. The Morgan fingerprint density at radius 3 is 1.10 bits per heavy atom. The molecule has 0 heterocycles. The van der Waals surface area contributed by atoms with Gasteiger partial charge in [-0.15, -0.1) is 0 Å². The molecule has 3 unspecified atom stereocenters. The van der Waals surface area contributed by atoms with Gasteiger partial charge in [-0.2, -0.15) is 0 Å². The van der Waals surface area contributed by atoms with Crippen molar-refractivity contribution in [1.29, 1.82) is 0 Å². The highest BCUT2D eigenvalue weighted by atomic mass is 16.4. The normalized spacial score (nSPS) is 15.3. The minimum absolute atomic E-state index is 0.225. The van der Waals surface area contributed by atoms with E-state index in [-0.39, 0.29) is 24.1 Å². The Bertz CT molecular complexity index is 682. The van der Waals surface area contributed by atoms with Crippen LogP contribution in [0.2, 0.25) is 0 Å². The van der Waals surface area contributed by atoms with Crippen molar-refractivity contribution in [2.24, 2.45) is 17.8 Å². The summed E-state index contributed by atoms with van der Waals surface area (Å²) in [4.78, 5) is 34.9. The Balaban J connectivity index is 4.21. The summed E-state index contributed by atoms with van der Waals surface area (Å²) in [7, 11) is 0. The quantitative estimate of drug-likeness (QED) is 0.0433. The first-order valence-electron chi connectivity index (χ1n) is 17.2. The van der Waals surface area contributed by atoms with Crippen LogP contribution in [0.5, 0.6) is 0 Å². The van der Waals surface area contributed by atoms with Crippen LogP contribution in [-0.4, -0.2) is 63.9 Å². The summed E-state index contributed by atoms with van der Waals surface area (Å²) < 4.78 is 0.225. The lowest BCUT2D eigenvalue weighted by Crippen LogP contribution is -2.57. The van der Waals surface area contributed by atoms with Gasteiger partial charge in [0.2, 0.25) is 0 Å². The molecule has 0 saturated heterocycles. The number of unbranched alkanes of at least 4 members (excludes halogenated alkanes) is 17. The molecule has 0 aliphatic carbocycles. The molecule has 246 valence electrons. The van der Waals surface area contributed by atoms with Gasteiger partial charge in [-0.1, -0.05) is 103 Å². The molecule has 7 heteroatoms. The number of allylic oxidation sites excluding steroid dienone is 2. The van der Waals surface area contributed by atoms with Crippen molar-refractivity contribution in [3.8, 4) is 0 Å². The monoisotopic (exact) mass is 596 g/mol. The predicted octanol–water partition coefficient (Wildman–Crippen LogP) is 8.95. The lowest BCUT2D eigenvalue weighted by molar-refractivity contribution is -0.934. The Labute approximate surface area is 257 Å². The maximum Gasteiger partial charge on any atom is 0.311 e. The smallest absolute Gasteiger partial charge is 0.311 e. The fourth-order valence-electron chi connectivity index (χ4n) is 6.05. The lowest BCUT2D eigenvalue weighted by atomic mass is 10.00. The molecule has 0 bridgehead atoms. The molecule has 0 saturated carbocycles. The minimum atomic E-state index is -0.932. The highest BCUT2D eigenvalue weighted by Crippen LogP contribution is 2.22. The molecule has 3 N–H and O–H groups in total. The second-order valence-electron chi connectivity index (χ2n) is 13.0. The first-order chi connectivity index (χ1) is 20.0. The first-order valence-corrected chi connectivity index (χ1v) is 17.2. The van der Waals surface area contributed by atoms with Crippen molar-refractivity contribution in [3.05, 3.63) is 12.2 Å². The summed E-state index contributed by atoms with van der Waals surface area (Å²) in [6.45, 7) is 8.50. The van der Waals surface area contributed by atoms with E-state index in [0.717, 1.165) is 19.3 Å². The van der Waals surface area contributed by atoms with E-state index in [0.29, 0.717) is 6.54 Å². The number of quaternary nitrogens is 1. The van der Waals surface area contributed by atoms with Crippen LogP contribution < -0.4 is 0 Å². The molecule has 0 aromatic carbocycles. The molecule has 0 rings (SSSR count). The third kappa shape index (κ3) is 21.8. The molecule has 0 aromatic heterocycles. The maximum atomic E-state index is 11.6. The molecular formula is C35H66NO6+. The Morgan fingerprint density at radius 2 is 0.786 bits per heavy atom. The summed E-state index contributed by atoms with van der Waals surface area (Å²) >= 11 is 0. The summed E-state index contributed by atoms with van der Waals surface area (Å²) in [5.41, 5.74) is 0. The second-order valence-corrected chi connectivity index (χ2v) is 13.0. The Hall–Kier alpha value is -1.89. The molecule has 0 radical (unpaired) electrons. The average Bonchev–Trinajstić information content (AvgIpc) is 2.93. The van der Waals surface area contributed by atoms with E-state index in [2.05, 4.69) is 19.1 Å². The fourth-order valence-corrected chi connectivity index (χ4v) is 6.05. The molecule has 0 amide bonds. The van der Waals surface area contributed by atoms with Gasteiger partial charge in [0.15, 0.2) is 0 Å². The maximum absolute atomic E-state index is 11.6. The Kier molecular flexibility index (Phi) is 24.4. The average molecular weight is 597 g/mol. The second kappa shape index (κ2) is 25.6. The van der Waals surface area contributed by atoms with Crippen LogP contribution in [0.4, 0.5) is 0 Å². The molecule has 0 spiro atoms. The number of nitrogens with zero attached hydrogens (tertiary/aromatic N) is 1. The third-order valence-electron chi connectivity index (χ3n) is 8.64. The zero-order chi connectivity index (χ0) is 31.6. The number of hydrogen-bond donors (Lipinski definition) is 3. The molecule has 0 fully saturated rings. The summed E-state index contributed by atoms with van der Waals surface area (Å²) in [6, 6.07) is 0. The SMILES string of the molecule is CCCCCCCCC/C=C/CCCCCCCCCCCC[N+](CC(C)C(=O)O)(CC(C)C(=O)O)CC(C)C(=O)O. The van der Waals surface area contributed by atoms with Gasteiger partial charge in [0, 0.05) is 0 Å². The first kappa shape index (κ1) is 40.1. The number of carboxylic acid groups (broad SMARTS) is 3. The van der Waals surface area contributed by atoms with Crippen LogP contribution in [0.25, 0.3) is 0 Å². The van der Waals surface area contributed by atoms with E-state index < -0.39 is 35.7 Å². The van der Waals surface area contributed by atoms with Crippen LogP contribution in [-0.2, 0) is 14.4 Å². The molecule has 7 nitrogen and oxygen atoms in total. The molecule has 0 aliphatic heterocycles. The van der Waals surface area contributed by atoms with Crippen LogP contribution in [0, 0.1) is 17.8 Å². The van der Waals surface area contributed by atoms with E-state index in [4.69, 9.17) is 0 Å². The van der Waals surface area contributed by atoms with Gasteiger partial charge in [-0.3, -0.25) is 14.4 Å². The van der Waals surface area contributed by atoms with E-state index >= 15 is 0 Å². The third-order valence-corrected chi connectivity index (χ3v) is 8.64. The van der Waals surface area contributed by atoms with Crippen LogP contribution in [0.15, 0.2) is 12.2 Å². The number of carboxylic acids is 3. The van der Waals surface area contributed by atoms with Crippen molar-refractivity contribution in [1.82, 2.24) is 0 Å². The van der Waals surface area contributed by atoms with Crippen molar-refractivity contribution in [2.75, 3.05) is 26.2 Å². The van der Waals surface area contributed by atoms with E-state index in [9.17, 15) is 29.7 Å². The summed E-state index contributed by atoms with van der Waals surface area (Å²) in [5, 5.41) is 28.6. The molecule has 3 atom stereocenters. The number of hydrogen-bond acceptors (Lipinski definition) is 3. The van der Waals surface area contributed by atoms with E-state index in [1.165, 1.54) is 103 Å². The molecular weight excluding hydrogens is 530 g/mol. The number of aliphatic carboxylic acids is 3. The summed E-state index contributed by atoms with van der Waals surface area (Å²) in [5.74, 6) is -4.80. The topological polar surface area (TPSA) is 112 Å². The fraction of sp³-hybridized carbons (Fsp3) is 0.857. The van der Waals surface area contributed by atoms with Crippen molar-refractivity contribution >= 4 is 17.9 Å². The highest BCUT2D eigenvalue weighted by Gasteiger charge is 2.38. The van der Waals surface area contributed by atoms with Crippen molar-refractivity contribution in [3.63, 3.8) is 0 Å². The van der Waals surface area contributed by atoms with Gasteiger partial charge in [0.1, 0.15) is 17.8 Å². The zero-order valence-electron chi connectivity index (χ0n) is 27.7. The standard InChI is InChI=1S/C35H65NO6/c1-5-6-7-8-9-10-11-12-13-14-15-16-17-18-19-20-21-22-23-24-25-26-36(27-30(2)33(37)38,28-31(3)34(39)40)29-32(4)35(41)42/h13-14,30-32H,5-12,15-29H2,1-4H3,(H2-,37,38,39,40,41,42)/p+1/b14-13+. The van der Waals surface area contributed by atoms with Gasteiger partial charge in [0.25, 0.3) is 0 Å². The largest absolute Gasteiger partial charge is 0.481 e. The van der Waals surface area contributed by atoms with E-state index in [1.807, 2.05) is 0 Å². The lowest BCUT2D eigenvalue weighted by Gasteiger charge is -2.42. The van der Waals surface area contributed by atoms with Crippen LogP contribution in [0.3, 0.4) is 0 Å². The van der Waals surface area contributed by atoms with Crippen molar-refractivity contribution < 1.29 is 34.2 Å². The van der Waals surface area contributed by atoms with Gasteiger partial charge in [-0.25, -0.2) is 0 Å². The highest BCUT2D eigenvalue weighted by molar-refractivity contribution is 5.70. The molecule has 0 aliphatic rings. The van der Waals surface area contributed by atoms with Crippen LogP contribution >= 0.6 is 0 Å². The summed E-state index contributed by atoms with van der Waals surface area (Å²) in [6.07, 6.45) is 28.6. The predicted molar refractivity (Wildman–Crippen MR) is 173 cm³/mol. The van der Waals surface area contributed by atoms with Crippen LogP contribution in [0.1, 0.15) is 150 Å². The van der Waals surface area contributed by atoms with Gasteiger partial charge >= 0.3 is 17.9 Å². The van der Waals surface area contributed by atoms with Gasteiger partial charge in [-0.05, 0) is 59.3 Å². The Morgan fingerprint density at radius 1 is 0.500 bits per heavy atom. The van der Waals surface area contributed by atoms with Gasteiger partial charge < -0.3 is 19.8 Å². The van der Waals surface area contributed by atoms with Crippen molar-refractivity contribution in [2.45, 2.75) is 150 Å². The number of carbonyl (C=O) groups is 3.